The summed E-state index contributed by atoms with van der Waals surface area (Å²) in [5.41, 5.74) is 4.97. The van der Waals surface area contributed by atoms with Crippen LogP contribution in [0.2, 0.25) is 0 Å². The molecule has 0 aromatic heterocycles. The van der Waals surface area contributed by atoms with Crippen molar-refractivity contribution in [3.05, 3.63) is 58.4 Å². The summed E-state index contributed by atoms with van der Waals surface area (Å²) in [5, 5.41) is 32.4. The number of benzene rings is 1. The second-order valence-electron chi connectivity index (χ2n) is 13.5. The summed E-state index contributed by atoms with van der Waals surface area (Å²) in [5.74, 6) is -1.19. The largest absolute Gasteiger partial charge is 0.483 e. The van der Waals surface area contributed by atoms with E-state index in [0.29, 0.717) is 24.2 Å². The molecule has 1 amide bonds. The Labute approximate surface area is 336 Å². The number of nitrogens with zero attached hydrogens (tertiary/aromatic N) is 1. The number of hydrogen-bond acceptors (Lipinski definition) is 8. The topological polar surface area (TPSA) is 148 Å². The van der Waals surface area contributed by atoms with Gasteiger partial charge in [0.1, 0.15) is 0 Å². The molecule has 5 atom stereocenters. The molecule has 11 heteroatoms. The van der Waals surface area contributed by atoms with E-state index >= 15 is 0 Å². The molecule has 0 aliphatic rings. The number of likely N-dealkylation sites (N-methyl/N-ethyl adjacent to an activating group) is 1. The zero-order chi connectivity index (χ0) is 43.4. The van der Waals surface area contributed by atoms with Crippen molar-refractivity contribution < 1.29 is 34.5 Å². The normalized spacial score (nSPS) is 13.4. The summed E-state index contributed by atoms with van der Waals surface area (Å²) >= 11 is 1.35. The van der Waals surface area contributed by atoms with Gasteiger partial charge >= 0.3 is 5.97 Å². The lowest BCUT2D eigenvalue weighted by atomic mass is 9.96. The number of thioether (sulfide) groups is 1. The van der Waals surface area contributed by atoms with Crippen molar-refractivity contribution in [1.29, 1.82) is 0 Å². The molecule has 0 saturated heterocycles. The fraction of sp³-hybridized carbons (Fsp3) is 0.698. The average Bonchev–Trinajstić information content (AvgIpc) is 3.15. The predicted octanol–water partition coefficient (Wildman–Crippen LogP) is 9.98. The minimum atomic E-state index is -0.834. The number of unbranched alkanes of at least 4 members (excludes halogenated alkanes) is 1. The number of aliphatic hydroxyl groups is 1. The number of carbonyl (C=O) groups excluding carboxylic acids is 1. The molecule has 0 aliphatic carbocycles. The molecule has 5 unspecified atom stereocenters. The molecule has 0 saturated carbocycles. The molecular weight excluding hydrogens is 703 g/mol. The predicted molar refractivity (Wildman–Crippen MR) is 233 cm³/mol. The zero-order valence-corrected chi connectivity index (χ0v) is 38.1. The van der Waals surface area contributed by atoms with Crippen LogP contribution in [0, 0.1) is 11.8 Å². The number of rotatable bonds is 19. The van der Waals surface area contributed by atoms with Gasteiger partial charge in [-0.15, -0.1) is 11.8 Å². The van der Waals surface area contributed by atoms with Gasteiger partial charge in [-0.3, -0.25) is 19.2 Å². The van der Waals surface area contributed by atoms with Gasteiger partial charge in [-0.2, -0.15) is 5.48 Å². The van der Waals surface area contributed by atoms with Crippen molar-refractivity contribution in [2.24, 2.45) is 11.8 Å². The van der Waals surface area contributed by atoms with Crippen LogP contribution in [0.1, 0.15) is 142 Å². The van der Waals surface area contributed by atoms with Crippen LogP contribution in [0.25, 0.3) is 0 Å². The highest BCUT2D eigenvalue weighted by atomic mass is 32.2. The highest BCUT2D eigenvalue weighted by Gasteiger charge is 2.27. The van der Waals surface area contributed by atoms with Crippen molar-refractivity contribution in [1.82, 2.24) is 15.7 Å². The number of carboxylic acid groups (broad SMARTS) is 2. The van der Waals surface area contributed by atoms with Gasteiger partial charge in [0.25, 0.3) is 6.47 Å². The first-order chi connectivity index (χ1) is 25.3. The van der Waals surface area contributed by atoms with E-state index in [2.05, 4.69) is 31.2 Å². The highest BCUT2D eigenvalue weighted by Crippen LogP contribution is 2.27. The third-order valence-corrected chi connectivity index (χ3v) is 8.66. The van der Waals surface area contributed by atoms with Crippen LogP contribution in [0.3, 0.4) is 0 Å². The monoisotopic (exact) mass is 786 g/mol. The minimum Gasteiger partial charge on any atom is -0.483 e. The van der Waals surface area contributed by atoms with Gasteiger partial charge in [-0.1, -0.05) is 126 Å². The van der Waals surface area contributed by atoms with E-state index in [0.717, 1.165) is 11.1 Å². The van der Waals surface area contributed by atoms with Crippen LogP contribution in [-0.4, -0.2) is 82.0 Å². The van der Waals surface area contributed by atoms with E-state index in [1.807, 2.05) is 126 Å². The first kappa shape index (κ1) is 60.5. The Morgan fingerprint density at radius 2 is 1.44 bits per heavy atom. The standard InChI is InChI=1S/C32H53N3O5S.C4H10.3C2H6.CH2O2/c1-21(2)28(35(10)30(37)19-33-32(7,8)9)18-29(36)25(6)41-20-23(4)24(5)40-34-27(16-22(3)31(38)39)17-26-14-12-11-13-15-26;1-3-4-2;3*1-2;2-1-3/h11-15,20-22,24,27-29,33-34,36H,6,16-19H2,1-5,7-10H3,(H,38,39);3-4H2,1-2H3;3*1-2H3;1H,(H,2,3)/b23-20+;;;;;. The number of aliphatic carboxylic acids is 1. The Hall–Kier alpha value is -2.70. The van der Waals surface area contributed by atoms with Crippen molar-refractivity contribution >= 4 is 30.1 Å². The van der Waals surface area contributed by atoms with Crippen LogP contribution >= 0.6 is 11.8 Å². The third-order valence-electron chi connectivity index (χ3n) is 7.60. The average molecular weight is 786 g/mol. The summed E-state index contributed by atoms with van der Waals surface area (Å²) in [6.45, 7) is 36.1. The molecule has 5 N–H and O–H groups in total. The van der Waals surface area contributed by atoms with Crippen molar-refractivity contribution in [3.8, 4) is 0 Å². The third kappa shape index (κ3) is 33.8. The summed E-state index contributed by atoms with van der Waals surface area (Å²) in [6, 6.07) is 9.60. The zero-order valence-electron chi connectivity index (χ0n) is 37.3. The molecule has 318 valence electrons. The lowest BCUT2D eigenvalue weighted by Crippen LogP contribution is -2.49. The molecule has 0 fully saturated rings. The number of amides is 1. The second-order valence-corrected chi connectivity index (χ2v) is 14.5. The molecule has 1 aromatic carbocycles. The number of carbonyl (C=O) groups is 3. The van der Waals surface area contributed by atoms with E-state index in [1.165, 1.54) is 24.6 Å². The van der Waals surface area contributed by atoms with E-state index in [4.69, 9.17) is 14.7 Å². The van der Waals surface area contributed by atoms with Gasteiger partial charge in [-0.25, -0.2) is 0 Å². The van der Waals surface area contributed by atoms with E-state index in [1.54, 1.807) is 18.9 Å². The maximum atomic E-state index is 12.8. The number of hydrogen-bond donors (Lipinski definition) is 5. The van der Waals surface area contributed by atoms with E-state index in [-0.39, 0.29) is 48.6 Å². The molecule has 1 aromatic rings. The molecule has 54 heavy (non-hydrogen) atoms. The second kappa shape index (κ2) is 38.6. The summed E-state index contributed by atoms with van der Waals surface area (Å²) in [7, 11) is 1.79. The summed E-state index contributed by atoms with van der Waals surface area (Å²) in [6.07, 6.45) is 3.03. The molecule has 0 spiro atoms. The van der Waals surface area contributed by atoms with Crippen molar-refractivity contribution in [3.63, 3.8) is 0 Å². The lowest BCUT2D eigenvalue weighted by molar-refractivity contribution is -0.142. The van der Waals surface area contributed by atoms with Gasteiger partial charge in [0.15, 0.2) is 0 Å². The molecule has 1 rings (SSSR count). The molecule has 10 nitrogen and oxygen atoms in total. The molecular formula is C43H83N3O7S. The number of aliphatic hydroxyl groups excluding tert-OH is 1. The summed E-state index contributed by atoms with van der Waals surface area (Å²) < 4.78 is 0. The van der Waals surface area contributed by atoms with Gasteiger partial charge < -0.3 is 25.5 Å². The SMILES string of the molecule is C=C(S/C=C(\C)C(C)ONC(Cc1ccccc1)CC(C)C(=O)O)C(O)CC(C(C)C)N(C)C(=O)CNC(C)(C)C.CC.CC.CC.CCCC.O=CO. The van der Waals surface area contributed by atoms with Crippen LogP contribution in [0.4, 0.5) is 0 Å². The van der Waals surface area contributed by atoms with Crippen molar-refractivity contribution in [2.45, 2.75) is 173 Å². The Kier molecular flexibility index (Phi) is 43.2. The quantitative estimate of drug-likeness (QED) is 0.0678. The van der Waals surface area contributed by atoms with Gasteiger partial charge in [0.2, 0.25) is 5.91 Å². The van der Waals surface area contributed by atoms with E-state index in [9.17, 15) is 19.8 Å². The lowest BCUT2D eigenvalue weighted by Gasteiger charge is -2.34. The van der Waals surface area contributed by atoms with Gasteiger partial charge in [0.05, 0.1) is 24.7 Å². The summed E-state index contributed by atoms with van der Waals surface area (Å²) in [4.78, 5) is 40.9. The van der Waals surface area contributed by atoms with Gasteiger partial charge in [0, 0.05) is 29.6 Å². The Balaban J connectivity index is -0.000000541. The smallest absolute Gasteiger partial charge is 0.306 e. The number of hydroxylamine groups is 1. The maximum absolute atomic E-state index is 12.8. The Bertz CT molecular complexity index is 1080. The Morgan fingerprint density at radius 1 is 0.963 bits per heavy atom. The first-order valence-electron chi connectivity index (χ1n) is 19.8. The minimum absolute atomic E-state index is 0.0124. The van der Waals surface area contributed by atoms with Crippen molar-refractivity contribution in [2.75, 3.05) is 13.6 Å². The van der Waals surface area contributed by atoms with Crippen LogP contribution < -0.4 is 10.8 Å². The maximum Gasteiger partial charge on any atom is 0.306 e. The Morgan fingerprint density at radius 3 is 1.85 bits per heavy atom. The van der Waals surface area contributed by atoms with Gasteiger partial charge in [-0.05, 0) is 76.3 Å². The number of carboxylic acids is 1. The fourth-order valence-corrected chi connectivity index (χ4v) is 4.90. The molecule has 0 radical (unpaired) electrons. The molecule has 0 heterocycles. The molecule has 0 bridgehead atoms. The van der Waals surface area contributed by atoms with Crippen LogP contribution in [0.5, 0.6) is 0 Å². The first-order valence-corrected chi connectivity index (χ1v) is 20.7. The highest BCUT2D eigenvalue weighted by molar-refractivity contribution is 8.05. The van der Waals surface area contributed by atoms with Crippen LogP contribution in [0.15, 0.2) is 52.8 Å². The fourth-order valence-electron chi connectivity index (χ4n) is 4.12. The number of nitrogens with one attached hydrogen (secondary N) is 2. The van der Waals surface area contributed by atoms with Crippen LogP contribution in [-0.2, 0) is 25.6 Å². The molecule has 0 aliphatic heterocycles. The van der Waals surface area contributed by atoms with E-state index < -0.39 is 18.0 Å².